The van der Waals surface area contributed by atoms with Crippen LogP contribution in [0, 0.1) is 7.05 Å². The lowest BCUT2D eigenvalue weighted by molar-refractivity contribution is 0.515. The molecule has 0 bridgehead atoms. The van der Waals surface area contributed by atoms with Gasteiger partial charge in [-0.1, -0.05) is 6.92 Å². The smallest absolute Gasteiger partial charge is 0.211 e. The van der Waals surface area contributed by atoms with Gasteiger partial charge in [-0.2, -0.15) is 0 Å². The van der Waals surface area contributed by atoms with E-state index in [4.69, 9.17) is 0 Å². The van der Waals surface area contributed by atoms with Gasteiger partial charge in [0.15, 0.2) is 0 Å². The van der Waals surface area contributed by atoms with Crippen LogP contribution < -0.4 is 0 Å². The SMILES string of the molecule is [CH2]N(CC)S(C)(=O)=O. The highest BCUT2D eigenvalue weighted by molar-refractivity contribution is 7.88. The third-order valence-corrected chi connectivity index (χ3v) is 2.02. The van der Waals surface area contributed by atoms with Crippen LogP contribution in [0.2, 0.25) is 0 Å². The van der Waals surface area contributed by atoms with Crippen LogP contribution >= 0.6 is 0 Å². The topological polar surface area (TPSA) is 37.4 Å². The van der Waals surface area contributed by atoms with Crippen LogP contribution in [-0.2, 0) is 10.0 Å². The molecule has 0 heterocycles. The normalized spacial score (nSPS) is 12.5. The molecule has 0 aliphatic rings. The second-order valence-electron chi connectivity index (χ2n) is 1.53. The van der Waals surface area contributed by atoms with Crippen molar-refractivity contribution in [3.63, 3.8) is 0 Å². The Hall–Kier alpha value is -0.0900. The van der Waals surface area contributed by atoms with Crippen molar-refractivity contribution < 1.29 is 8.42 Å². The fourth-order valence-corrected chi connectivity index (χ4v) is 0.704. The molecule has 0 aliphatic heterocycles. The summed E-state index contributed by atoms with van der Waals surface area (Å²) in [5, 5.41) is 0. The van der Waals surface area contributed by atoms with Gasteiger partial charge in [0.1, 0.15) is 0 Å². The lowest BCUT2D eigenvalue weighted by Gasteiger charge is -2.08. The van der Waals surface area contributed by atoms with Gasteiger partial charge in [-0.3, -0.25) is 0 Å². The predicted octanol–water partition coefficient (Wildman–Crippen LogP) is 0.0595. The van der Waals surface area contributed by atoms with E-state index in [-0.39, 0.29) is 0 Å². The summed E-state index contributed by atoms with van der Waals surface area (Å²) in [6.45, 7) is 2.16. The molecule has 0 aliphatic carbocycles. The summed E-state index contributed by atoms with van der Waals surface area (Å²) in [6.07, 6.45) is 1.13. The Morgan fingerprint density at radius 1 is 1.62 bits per heavy atom. The molecule has 0 aromatic rings. The number of hydrogen-bond acceptors (Lipinski definition) is 2. The molecular weight excluding hydrogens is 126 g/mol. The van der Waals surface area contributed by atoms with Crippen LogP contribution in [0.4, 0.5) is 0 Å². The van der Waals surface area contributed by atoms with Crippen molar-refractivity contribution in [1.82, 2.24) is 4.31 Å². The number of hydrogen-bond donors (Lipinski definition) is 0. The summed E-state index contributed by atoms with van der Waals surface area (Å²) in [6, 6.07) is 0. The third-order valence-electron chi connectivity index (χ3n) is 0.822. The van der Waals surface area contributed by atoms with Gasteiger partial charge in [-0.15, -0.1) is 0 Å². The molecule has 8 heavy (non-hydrogen) atoms. The molecule has 0 saturated carbocycles. The molecule has 3 nitrogen and oxygen atoms in total. The summed E-state index contributed by atoms with van der Waals surface area (Å²) in [7, 11) is 0.242. The van der Waals surface area contributed by atoms with Crippen molar-refractivity contribution in [3.05, 3.63) is 7.05 Å². The van der Waals surface area contributed by atoms with Crippen molar-refractivity contribution >= 4 is 10.0 Å². The quantitative estimate of drug-likeness (QED) is 0.538. The van der Waals surface area contributed by atoms with Crippen LogP contribution in [0.15, 0.2) is 0 Å². The molecular formula is C4H10NO2S. The van der Waals surface area contributed by atoms with Gasteiger partial charge in [-0.25, -0.2) is 12.7 Å². The average molecular weight is 136 g/mol. The van der Waals surface area contributed by atoms with E-state index in [1.54, 1.807) is 6.92 Å². The lowest BCUT2D eigenvalue weighted by Crippen LogP contribution is -2.22. The summed E-state index contributed by atoms with van der Waals surface area (Å²) in [5.41, 5.74) is 0. The minimum Gasteiger partial charge on any atom is -0.213 e. The maximum atomic E-state index is 10.4. The Morgan fingerprint density at radius 2 is 2.00 bits per heavy atom. The maximum Gasteiger partial charge on any atom is 0.211 e. The van der Waals surface area contributed by atoms with E-state index < -0.39 is 10.0 Å². The minimum absolute atomic E-state index is 0.429. The molecule has 0 amide bonds. The van der Waals surface area contributed by atoms with Gasteiger partial charge in [0, 0.05) is 13.6 Å². The van der Waals surface area contributed by atoms with E-state index >= 15 is 0 Å². The molecule has 0 saturated heterocycles. The zero-order valence-electron chi connectivity index (χ0n) is 5.09. The monoisotopic (exact) mass is 136 g/mol. The van der Waals surface area contributed by atoms with E-state index in [9.17, 15) is 8.42 Å². The third kappa shape index (κ3) is 2.28. The minimum atomic E-state index is -3.03. The Morgan fingerprint density at radius 3 is 2.00 bits per heavy atom. The zero-order chi connectivity index (χ0) is 6.78. The van der Waals surface area contributed by atoms with Gasteiger partial charge in [0.05, 0.1) is 6.26 Å². The molecule has 0 fully saturated rings. The molecule has 0 spiro atoms. The molecule has 0 aromatic carbocycles. The molecule has 0 unspecified atom stereocenters. The zero-order valence-corrected chi connectivity index (χ0v) is 5.90. The van der Waals surface area contributed by atoms with E-state index in [2.05, 4.69) is 7.05 Å². The van der Waals surface area contributed by atoms with Crippen LogP contribution in [-0.4, -0.2) is 25.5 Å². The van der Waals surface area contributed by atoms with E-state index in [0.717, 1.165) is 10.6 Å². The first-order valence-corrected chi connectivity index (χ1v) is 4.11. The summed E-state index contributed by atoms with van der Waals surface area (Å²) >= 11 is 0. The summed E-state index contributed by atoms with van der Waals surface area (Å²) in [5.74, 6) is 0. The van der Waals surface area contributed by atoms with Crippen LogP contribution in [0.1, 0.15) is 6.92 Å². The van der Waals surface area contributed by atoms with E-state index in [1.807, 2.05) is 0 Å². The van der Waals surface area contributed by atoms with Gasteiger partial charge in [0.25, 0.3) is 0 Å². The van der Waals surface area contributed by atoms with Gasteiger partial charge in [0.2, 0.25) is 10.0 Å². The summed E-state index contributed by atoms with van der Waals surface area (Å²) in [4.78, 5) is 0. The number of nitrogens with zero attached hydrogens (tertiary/aromatic N) is 1. The Kier molecular flexibility index (Phi) is 2.43. The number of sulfonamides is 1. The number of rotatable bonds is 2. The summed E-state index contributed by atoms with van der Waals surface area (Å²) < 4.78 is 21.9. The lowest BCUT2D eigenvalue weighted by atomic mass is 10.8. The second-order valence-corrected chi connectivity index (χ2v) is 3.51. The molecule has 0 N–H and O–H groups in total. The van der Waals surface area contributed by atoms with Gasteiger partial charge < -0.3 is 0 Å². The second kappa shape index (κ2) is 2.46. The predicted molar refractivity (Wildman–Crippen MR) is 32.6 cm³/mol. The first-order valence-electron chi connectivity index (χ1n) is 2.26. The molecule has 0 rings (SSSR count). The van der Waals surface area contributed by atoms with Crippen molar-refractivity contribution in [2.24, 2.45) is 0 Å². The highest BCUT2D eigenvalue weighted by Gasteiger charge is 2.05. The fraction of sp³-hybridized carbons (Fsp3) is 0.750. The van der Waals surface area contributed by atoms with Crippen molar-refractivity contribution in [1.29, 1.82) is 0 Å². The van der Waals surface area contributed by atoms with Crippen LogP contribution in [0.5, 0.6) is 0 Å². The van der Waals surface area contributed by atoms with E-state index in [0.29, 0.717) is 6.54 Å². The van der Waals surface area contributed by atoms with Gasteiger partial charge >= 0.3 is 0 Å². The van der Waals surface area contributed by atoms with E-state index in [1.165, 1.54) is 0 Å². The van der Waals surface area contributed by atoms with Crippen LogP contribution in [0.25, 0.3) is 0 Å². The van der Waals surface area contributed by atoms with Crippen LogP contribution in [0.3, 0.4) is 0 Å². The standard InChI is InChI=1S/C4H10NO2S/c1-4-5(2)8(3,6)7/h2,4H2,1,3H3. The van der Waals surface area contributed by atoms with Crippen molar-refractivity contribution in [2.75, 3.05) is 12.8 Å². The Labute approximate surface area is 50.4 Å². The highest BCUT2D eigenvalue weighted by Crippen LogP contribution is 1.90. The Bertz CT molecular complexity index is 149. The largest absolute Gasteiger partial charge is 0.213 e. The fourth-order valence-electron chi connectivity index (χ4n) is 0.235. The molecule has 0 atom stereocenters. The average Bonchev–Trinajstić information content (AvgIpc) is 1.62. The first kappa shape index (κ1) is 7.91. The highest BCUT2D eigenvalue weighted by atomic mass is 32.2. The van der Waals surface area contributed by atoms with Crippen molar-refractivity contribution in [3.8, 4) is 0 Å². The van der Waals surface area contributed by atoms with Crippen molar-refractivity contribution in [2.45, 2.75) is 6.92 Å². The Balaban J connectivity index is 4.04. The molecule has 49 valence electrons. The maximum absolute atomic E-state index is 10.4. The molecule has 0 aromatic heterocycles. The molecule has 1 radical (unpaired) electrons. The first-order chi connectivity index (χ1) is 3.48. The molecule has 4 heteroatoms. The van der Waals surface area contributed by atoms with Gasteiger partial charge in [-0.05, 0) is 0 Å².